The van der Waals surface area contributed by atoms with Crippen molar-refractivity contribution in [2.24, 2.45) is 0 Å². The van der Waals surface area contributed by atoms with Crippen molar-refractivity contribution in [1.29, 1.82) is 10.5 Å². The van der Waals surface area contributed by atoms with Crippen LogP contribution in [-0.2, 0) is 0 Å². The van der Waals surface area contributed by atoms with Crippen LogP contribution in [0.4, 0.5) is 26.3 Å². The highest BCUT2D eigenvalue weighted by molar-refractivity contribution is 5.82. The molecule has 0 aliphatic heterocycles. The third-order valence-electron chi connectivity index (χ3n) is 4.66. The molecule has 4 nitrogen and oxygen atoms in total. The van der Waals surface area contributed by atoms with Gasteiger partial charge in [-0.3, -0.25) is 0 Å². The highest BCUT2D eigenvalue weighted by atomic mass is 19.2. The predicted molar refractivity (Wildman–Crippen MR) is 108 cm³/mol. The van der Waals surface area contributed by atoms with Gasteiger partial charge >= 0.3 is 0 Å². The largest absolute Gasteiger partial charge is 0.269 e. The first kappa shape index (κ1) is 23.6. The minimum Gasteiger partial charge on any atom is -0.226 e. The molecule has 0 aliphatic rings. The van der Waals surface area contributed by atoms with Gasteiger partial charge in [0.25, 0.3) is 11.4 Å². The number of halogens is 6. The molecule has 0 unspecified atom stereocenters. The van der Waals surface area contributed by atoms with E-state index in [1.54, 1.807) is 0 Å². The van der Waals surface area contributed by atoms with Gasteiger partial charge in [0.1, 0.15) is 34.9 Å². The Morgan fingerprint density at radius 3 is 1.12 bits per heavy atom. The van der Waals surface area contributed by atoms with Crippen LogP contribution in [-0.4, -0.2) is 0 Å². The number of hydrogen-bond acceptors (Lipinski definition) is 2. The molecule has 0 aromatic heterocycles. The Labute approximate surface area is 187 Å². The maximum Gasteiger partial charge on any atom is 0.269 e. The Morgan fingerprint density at radius 2 is 0.882 bits per heavy atom. The second-order valence-corrected chi connectivity index (χ2v) is 6.58. The Balaban J connectivity index is 2.73. The predicted octanol–water partition coefficient (Wildman–Crippen LogP) is 4.96. The van der Waals surface area contributed by atoms with E-state index in [1.165, 1.54) is 12.1 Å². The minimum atomic E-state index is -1.44. The number of nitriles is 2. The van der Waals surface area contributed by atoms with Crippen molar-refractivity contribution in [1.82, 2.24) is 0 Å². The molecule has 0 aliphatic carbocycles. The standard InChI is InChI=1S/C24H6F6N4/c1-33-21(9-31)13-7-16(24-19(29)5-12(26)6-20(24)30)14(22(10-32)34-2)8-15(13)23-17(27)3-11(25)4-18(23)28/h3-8H/b21-13-,22-14+. The summed E-state index contributed by atoms with van der Waals surface area (Å²) in [6.07, 6.45) is 0. The first-order chi connectivity index (χ1) is 16.2. The van der Waals surface area contributed by atoms with E-state index in [2.05, 4.69) is 9.69 Å². The Morgan fingerprint density at radius 1 is 0.588 bits per heavy atom. The van der Waals surface area contributed by atoms with Crippen molar-refractivity contribution in [2.75, 3.05) is 0 Å². The van der Waals surface area contributed by atoms with Gasteiger partial charge in [-0.25, -0.2) is 46.6 Å². The minimum absolute atomic E-state index is 0.322. The van der Waals surface area contributed by atoms with Gasteiger partial charge in [-0.2, -0.15) is 0 Å². The fourth-order valence-corrected chi connectivity index (χ4v) is 3.30. The zero-order valence-electron chi connectivity index (χ0n) is 16.5. The summed E-state index contributed by atoms with van der Waals surface area (Å²) >= 11 is 0. The maximum atomic E-state index is 14.6. The van der Waals surface area contributed by atoms with Gasteiger partial charge in [-0.05, 0) is 11.1 Å². The summed E-state index contributed by atoms with van der Waals surface area (Å²) in [6, 6.07) is 5.83. The second kappa shape index (κ2) is 9.20. The molecule has 34 heavy (non-hydrogen) atoms. The molecule has 0 radical (unpaired) electrons. The van der Waals surface area contributed by atoms with Crippen LogP contribution in [0.1, 0.15) is 0 Å². The molecule has 10 heteroatoms. The molecule has 0 N–H and O–H groups in total. The SMILES string of the molecule is [C-]#[N+]/C(C#N)=c1/cc(-c2c(F)cc(F)cc2F)/c(=C(\C#N)[N+]#[C-])cc1-c1c(F)cc(F)cc1F. The van der Waals surface area contributed by atoms with Crippen LogP contribution < -0.4 is 10.4 Å². The third-order valence-corrected chi connectivity index (χ3v) is 4.66. The number of rotatable bonds is 2. The van der Waals surface area contributed by atoms with Crippen molar-refractivity contribution in [2.45, 2.75) is 0 Å². The molecule has 3 aromatic carbocycles. The van der Waals surface area contributed by atoms with E-state index in [1.807, 2.05) is 0 Å². The highest BCUT2D eigenvalue weighted by Crippen LogP contribution is 2.29. The average molecular weight is 464 g/mol. The molecule has 0 saturated heterocycles. The summed E-state index contributed by atoms with van der Waals surface area (Å²) in [6.45, 7) is 14.4. The van der Waals surface area contributed by atoms with Crippen LogP contribution >= 0.6 is 0 Å². The van der Waals surface area contributed by atoms with E-state index in [-0.39, 0.29) is 0 Å². The van der Waals surface area contributed by atoms with E-state index in [0.717, 1.165) is 12.1 Å². The lowest BCUT2D eigenvalue weighted by molar-refractivity contribution is 0.546. The number of benzene rings is 3. The lowest BCUT2D eigenvalue weighted by Gasteiger charge is -2.13. The summed E-state index contributed by atoms with van der Waals surface area (Å²) in [5.41, 5.74) is -4.47. The maximum absolute atomic E-state index is 14.6. The quantitative estimate of drug-likeness (QED) is 0.398. The third kappa shape index (κ3) is 4.05. The first-order valence-corrected chi connectivity index (χ1v) is 8.94. The lowest BCUT2D eigenvalue weighted by atomic mass is 9.93. The molecule has 0 bridgehead atoms. The lowest BCUT2D eigenvalue weighted by Crippen LogP contribution is -2.20. The molecule has 0 atom stereocenters. The van der Waals surface area contributed by atoms with Gasteiger partial charge in [-0.15, -0.1) is 0 Å². The fraction of sp³-hybridized carbons (Fsp3) is 0. The Kier molecular flexibility index (Phi) is 6.39. The molecule has 0 amide bonds. The van der Waals surface area contributed by atoms with Gasteiger partial charge in [-0.1, -0.05) is 12.1 Å². The average Bonchev–Trinajstić information content (AvgIpc) is 2.75. The smallest absolute Gasteiger partial charge is 0.226 e. The van der Waals surface area contributed by atoms with Crippen molar-refractivity contribution in [3.8, 4) is 34.4 Å². The van der Waals surface area contributed by atoms with Gasteiger partial charge in [0.2, 0.25) is 0 Å². The van der Waals surface area contributed by atoms with Gasteiger partial charge in [0.05, 0.1) is 36.4 Å². The molecule has 0 heterocycles. The van der Waals surface area contributed by atoms with Crippen LogP contribution in [0.3, 0.4) is 0 Å². The van der Waals surface area contributed by atoms with Crippen LogP contribution in [0.2, 0.25) is 0 Å². The summed E-state index contributed by atoms with van der Waals surface area (Å²) in [4.78, 5) is 5.91. The molecule has 3 aromatic rings. The topological polar surface area (TPSA) is 56.3 Å². The van der Waals surface area contributed by atoms with E-state index < -0.39 is 79.0 Å². The van der Waals surface area contributed by atoms with Crippen molar-refractivity contribution >= 4 is 11.4 Å². The second-order valence-electron chi connectivity index (χ2n) is 6.58. The van der Waals surface area contributed by atoms with Crippen molar-refractivity contribution < 1.29 is 26.3 Å². The van der Waals surface area contributed by atoms with Crippen LogP contribution in [0.5, 0.6) is 0 Å². The molecule has 0 spiro atoms. The Bertz CT molecular complexity index is 1460. The zero-order valence-corrected chi connectivity index (χ0v) is 16.5. The molecule has 164 valence electrons. The van der Waals surface area contributed by atoms with Crippen molar-refractivity contribution in [3.05, 3.63) is 105 Å². The van der Waals surface area contributed by atoms with Crippen molar-refractivity contribution in [3.63, 3.8) is 0 Å². The summed E-state index contributed by atoms with van der Waals surface area (Å²) in [5.74, 6) is -8.32. The monoisotopic (exact) mass is 464 g/mol. The molecule has 0 saturated carbocycles. The van der Waals surface area contributed by atoms with Crippen LogP contribution in [0, 0.1) is 70.7 Å². The van der Waals surface area contributed by atoms with Crippen LogP contribution in [0.25, 0.3) is 43.3 Å². The van der Waals surface area contributed by atoms with E-state index in [9.17, 15) is 36.9 Å². The zero-order chi connectivity index (χ0) is 25.2. The number of nitrogens with zero attached hydrogens (tertiary/aromatic N) is 4. The molecule has 3 rings (SSSR count). The van der Waals surface area contributed by atoms with Crippen LogP contribution in [0.15, 0.2) is 36.4 Å². The molecular formula is C24H6F6N4. The number of hydrogen-bond donors (Lipinski definition) is 0. The van der Waals surface area contributed by atoms with E-state index >= 15 is 0 Å². The van der Waals surface area contributed by atoms with Gasteiger partial charge in [0, 0.05) is 34.7 Å². The fourth-order valence-electron chi connectivity index (χ4n) is 3.30. The normalized spacial score (nSPS) is 12.1. The van der Waals surface area contributed by atoms with E-state index in [0.29, 0.717) is 24.3 Å². The van der Waals surface area contributed by atoms with E-state index in [4.69, 9.17) is 13.1 Å². The molecular weight excluding hydrogens is 458 g/mol. The van der Waals surface area contributed by atoms with Gasteiger partial charge in [0.15, 0.2) is 0 Å². The van der Waals surface area contributed by atoms with Gasteiger partial charge < -0.3 is 0 Å². The first-order valence-electron chi connectivity index (χ1n) is 8.94. The highest BCUT2D eigenvalue weighted by Gasteiger charge is 2.21. The summed E-state index contributed by atoms with van der Waals surface area (Å²) in [7, 11) is 0. The summed E-state index contributed by atoms with van der Waals surface area (Å²) < 4.78 is 85.3. The Hall–Kier alpha value is -5.06. The summed E-state index contributed by atoms with van der Waals surface area (Å²) in [5, 5.41) is 17.7. The molecule has 0 fully saturated rings.